The first-order valence-electron chi connectivity index (χ1n) is 7.29. The molecule has 0 aromatic rings. The van der Waals surface area contributed by atoms with E-state index < -0.39 is 48.2 Å². The Labute approximate surface area is 143 Å². The molecule has 0 aromatic carbocycles. The van der Waals surface area contributed by atoms with E-state index in [0.29, 0.717) is 0 Å². The zero-order valence-electron chi connectivity index (χ0n) is 14.2. The van der Waals surface area contributed by atoms with E-state index in [1.54, 1.807) is 0 Å². The summed E-state index contributed by atoms with van der Waals surface area (Å²) in [5.74, 6) is -3.00. The molecule has 1 rings (SSSR count). The summed E-state index contributed by atoms with van der Waals surface area (Å²) in [7, 11) is 0. The fourth-order valence-corrected chi connectivity index (χ4v) is 2.28. The van der Waals surface area contributed by atoms with Gasteiger partial charge in [0.25, 0.3) is 5.90 Å². The molecule has 1 saturated heterocycles. The second kappa shape index (κ2) is 8.85. The molecule has 2 N–H and O–H groups in total. The lowest BCUT2D eigenvalue weighted by Gasteiger charge is -2.41. The first-order valence-corrected chi connectivity index (χ1v) is 7.29. The van der Waals surface area contributed by atoms with Crippen LogP contribution in [0.1, 0.15) is 27.7 Å². The van der Waals surface area contributed by atoms with Crippen LogP contribution in [0.4, 0.5) is 0 Å². The van der Waals surface area contributed by atoms with E-state index in [2.05, 4.69) is 10.5 Å². The number of hydrogen-bond donors (Lipinski definition) is 2. The molecule has 1 amide bonds. The first kappa shape index (κ1) is 20.2. The SMILES string of the molecule is CC(=O)N[C@@H]1/C(=N\O)O[C@H](COC(C)=O)[C@@H](OC(C)=O)[C@@H]1OC(C)=O. The third-order valence-electron chi connectivity index (χ3n) is 3.07. The average Bonchev–Trinajstić information content (AvgIpc) is 2.48. The molecule has 11 heteroatoms. The molecule has 140 valence electrons. The molecule has 0 spiro atoms. The monoisotopic (exact) mass is 360 g/mol. The molecule has 4 atom stereocenters. The Kier molecular flexibility index (Phi) is 7.15. The van der Waals surface area contributed by atoms with Gasteiger partial charge in [-0.05, 0) is 0 Å². The Hall–Kier alpha value is -2.85. The van der Waals surface area contributed by atoms with Crippen molar-refractivity contribution in [2.75, 3.05) is 6.61 Å². The van der Waals surface area contributed by atoms with Crippen LogP contribution >= 0.6 is 0 Å². The van der Waals surface area contributed by atoms with Crippen LogP contribution in [0.25, 0.3) is 0 Å². The number of carbonyl (C=O) groups excluding carboxylic acids is 4. The van der Waals surface area contributed by atoms with E-state index >= 15 is 0 Å². The molecule has 0 aromatic heterocycles. The van der Waals surface area contributed by atoms with Gasteiger partial charge in [0.2, 0.25) is 5.91 Å². The fourth-order valence-electron chi connectivity index (χ4n) is 2.28. The zero-order chi connectivity index (χ0) is 19.1. The van der Waals surface area contributed by atoms with Crippen molar-refractivity contribution in [3.63, 3.8) is 0 Å². The Balaban J connectivity index is 3.23. The third kappa shape index (κ3) is 5.94. The molecule has 0 unspecified atom stereocenters. The Morgan fingerprint density at radius 3 is 2.04 bits per heavy atom. The minimum atomic E-state index is -1.26. The number of ether oxygens (including phenoxy) is 4. The van der Waals surface area contributed by atoms with Crippen molar-refractivity contribution in [3.05, 3.63) is 0 Å². The zero-order valence-corrected chi connectivity index (χ0v) is 14.2. The lowest BCUT2D eigenvalue weighted by atomic mass is 9.96. The second-order valence-electron chi connectivity index (χ2n) is 5.22. The van der Waals surface area contributed by atoms with Crippen LogP contribution in [0.5, 0.6) is 0 Å². The van der Waals surface area contributed by atoms with Gasteiger partial charge < -0.3 is 29.5 Å². The summed E-state index contributed by atoms with van der Waals surface area (Å²) < 4.78 is 20.5. The number of carbonyl (C=O) groups is 4. The second-order valence-corrected chi connectivity index (χ2v) is 5.22. The van der Waals surface area contributed by atoms with Crippen LogP contribution in [0.15, 0.2) is 5.16 Å². The normalized spacial score (nSPS) is 27.0. The van der Waals surface area contributed by atoms with Crippen LogP contribution in [0, 0.1) is 0 Å². The minimum Gasteiger partial charge on any atom is -0.466 e. The molecular weight excluding hydrogens is 340 g/mol. The molecule has 1 aliphatic rings. The van der Waals surface area contributed by atoms with Gasteiger partial charge in [0.1, 0.15) is 12.6 Å². The van der Waals surface area contributed by atoms with Crippen molar-refractivity contribution in [2.24, 2.45) is 5.16 Å². The number of nitrogens with zero attached hydrogens (tertiary/aromatic N) is 1. The highest BCUT2D eigenvalue weighted by Gasteiger charge is 2.50. The molecular formula is C14H20N2O9. The maximum atomic E-state index is 11.4. The van der Waals surface area contributed by atoms with Gasteiger partial charge in [0.05, 0.1) is 0 Å². The van der Waals surface area contributed by atoms with Gasteiger partial charge in [-0.25, -0.2) is 0 Å². The molecule has 25 heavy (non-hydrogen) atoms. The summed E-state index contributed by atoms with van der Waals surface area (Å²) in [4.78, 5) is 45.3. The lowest BCUT2D eigenvalue weighted by molar-refractivity contribution is -0.186. The van der Waals surface area contributed by atoms with Crippen LogP contribution < -0.4 is 5.32 Å². The summed E-state index contributed by atoms with van der Waals surface area (Å²) in [5.41, 5.74) is 0. The summed E-state index contributed by atoms with van der Waals surface area (Å²) >= 11 is 0. The van der Waals surface area contributed by atoms with E-state index in [-0.39, 0.29) is 12.5 Å². The maximum Gasteiger partial charge on any atom is 0.303 e. The van der Waals surface area contributed by atoms with Crippen LogP contribution in [0.3, 0.4) is 0 Å². The van der Waals surface area contributed by atoms with Gasteiger partial charge in [-0.1, -0.05) is 5.16 Å². The first-order chi connectivity index (χ1) is 11.6. The lowest BCUT2D eigenvalue weighted by Crippen LogP contribution is -2.64. The highest BCUT2D eigenvalue weighted by Crippen LogP contribution is 2.24. The maximum absolute atomic E-state index is 11.4. The number of oxime groups is 1. The molecule has 0 bridgehead atoms. The predicted molar refractivity (Wildman–Crippen MR) is 79.4 cm³/mol. The standard InChI is InChI=1S/C14H20N2O9/c1-6(17)15-11-13(24-9(4)20)12(23-8(3)19)10(5-22-7(2)18)25-14(11)16-21/h10-13,21H,5H2,1-4H3,(H,15,17)/b16-14+/t10-,11+,12-,13-/m1/s1. The van der Waals surface area contributed by atoms with Crippen molar-refractivity contribution in [2.45, 2.75) is 52.0 Å². The van der Waals surface area contributed by atoms with Gasteiger partial charge >= 0.3 is 17.9 Å². The van der Waals surface area contributed by atoms with Crippen LogP contribution in [0.2, 0.25) is 0 Å². The number of nitrogens with one attached hydrogen (secondary N) is 1. The quantitative estimate of drug-likeness (QED) is 0.275. The molecule has 0 radical (unpaired) electrons. The average molecular weight is 360 g/mol. The molecule has 1 aliphatic heterocycles. The summed E-state index contributed by atoms with van der Waals surface area (Å²) in [6.45, 7) is 4.22. The van der Waals surface area contributed by atoms with Crippen molar-refractivity contribution < 1.29 is 43.3 Å². The summed E-state index contributed by atoms with van der Waals surface area (Å²) in [6, 6.07) is -1.20. The Morgan fingerprint density at radius 2 is 1.60 bits per heavy atom. The molecule has 1 heterocycles. The molecule has 1 fully saturated rings. The number of amides is 1. The van der Waals surface area contributed by atoms with Gasteiger partial charge in [-0.3, -0.25) is 19.2 Å². The van der Waals surface area contributed by atoms with Crippen LogP contribution in [-0.2, 0) is 38.1 Å². The van der Waals surface area contributed by atoms with E-state index in [4.69, 9.17) is 24.2 Å². The van der Waals surface area contributed by atoms with E-state index in [0.717, 1.165) is 20.8 Å². The van der Waals surface area contributed by atoms with Crippen molar-refractivity contribution in [1.29, 1.82) is 0 Å². The van der Waals surface area contributed by atoms with Gasteiger partial charge in [-0.15, -0.1) is 0 Å². The van der Waals surface area contributed by atoms with Gasteiger partial charge in [0.15, 0.2) is 18.3 Å². The summed E-state index contributed by atoms with van der Waals surface area (Å²) in [6.07, 6.45) is -3.60. The van der Waals surface area contributed by atoms with E-state index in [9.17, 15) is 19.2 Å². The van der Waals surface area contributed by atoms with Crippen molar-refractivity contribution in [3.8, 4) is 0 Å². The Bertz CT molecular complexity index is 575. The predicted octanol–water partition coefficient (Wildman–Crippen LogP) is -0.896. The number of rotatable bonds is 5. The van der Waals surface area contributed by atoms with Gasteiger partial charge in [-0.2, -0.15) is 0 Å². The third-order valence-corrected chi connectivity index (χ3v) is 3.07. The number of esters is 3. The fraction of sp³-hybridized carbons (Fsp3) is 0.643. The summed E-state index contributed by atoms with van der Waals surface area (Å²) in [5, 5.41) is 14.5. The molecule has 0 aliphatic carbocycles. The van der Waals surface area contributed by atoms with Crippen molar-refractivity contribution in [1.82, 2.24) is 5.32 Å². The van der Waals surface area contributed by atoms with E-state index in [1.165, 1.54) is 6.92 Å². The van der Waals surface area contributed by atoms with E-state index in [1.807, 2.05) is 0 Å². The van der Waals surface area contributed by atoms with Crippen LogP contribution in [-0.4, -0.2) is 65.9 Å². The highest BCUT2D eigenvalue weighted by atomic mass is 16.6. The molecule has 11 nitrogen and oxygen atoms in total. The number of hydrogen-bond acceptors (Lipinski definition) is 10. The topological polar surface area (TPSA) is 150 Å². The van der Waals surface area contributed by atoms with Crippen molar-refractivity contribution >= 4 is 29.7 Å². The largest absolute Gasteiger partial charge is 0.466 e. The molecule has 0 saturated carbocycles. The smallest absolute Gasteiger partial charge is 0.303 e. The van der Waals surface area contributed by atoms with Gasteiger partial charge in [0, 0.05) is 27.7 Å². The Morgan fingerprint density at radius 1 is 1.04 bits per heavy atom. The minimum absolute atomic E-state index is 0.364. The highest BCUT2D eigenvalue weighted by molar-refractivity contribution is 5.88.